The lowest BCUT2D eigenvalue weighted by atomic mass is 10.1. The summed E-state index contributed by atoms with van der Waals surface area (Å²) in [5, 5.41) is 20.6. The summed E-state index contributed by atoms with van der Waals surface area (Å²) in [6.45, 7) is 0. The van der Waals surface area contributed by atoms with Gasteiger partial charge in [-0.05, 0) is 24.3 Å². The van der Waals surface area contributed by atoms with E-state index in [0.717, 1.165) is 0 Å². The van der Waals surface area contributed by atoms with E-state index >= 15 is 0 Å². The van der Waals surface area contributed by atoms with Crippen molar-refractivity contribution in [2.45, 2.75) is 0 Å². The number of nitrogen functional groups attached to an aromatic ring is 1. The molecule has 0 fully saturated rings. The van der Waals surface area contributed by atoms with Crippen LogP contribution in [0, 0.1) is 28.5 Å². The van der Waals surface area contributed by atoms with Gasteiger partial charge in [0.1, 0.15) is 18.0 Å². The zero-order valence-electron chi connectivity index (χ0n) is 10.1. The van der Waals surface area contributed by atoms with Gasteiger partial charge in [-0.2, -0.15) is 10.5 Å². The number of hydrogen-bond donors (Lipinski definition) is 2. The third kappa shape index (κ3) is 2.64. The molecule has 20 heavy (non-hydrogen) atoms. The van der Waals surface area contributed by atoms with Gasteiger partial charge in [-0.25, -0.2) is 4.39 Å². The van der Waals surface area contributed by atoms with Gasteiger partial charge in [0.2, 0.25) is 0 Å². The largest absolute Gasteiger partial charge is 0.397 e. The summed E-state index contributed by atoms with van der Waals surface area (Å²) in [5.41, 5.74) is 7.37. The van der Waals surface area contributed by atoms with Crippen LogP contribution in [0.5, 0.6) is 0 Å². The Bertz CT molecular complexity index is 759. The van der Waals surface area contributed by atoms with Crippen LogP contribution in [0.25, 0.3) is 0 Å². The Kier molecular flexibility index (Phi) is 3.74. The van der Waals surface area contributed by atoms with E-state index < -0.39 is 5.82 Å². The molecule has 2 aromatic rings. The molecule has 0 spiro atoms. The summed E-state index contributed by atoms with van der Waals surface area (Å²) < 4.78 is 13.4. The van der Waals surface area contributed by atoms with E-state index in [9.17, 15) is 4.39 Å². The lowest BCUT2D eigenvalue weighted by Crippen LogP contribution is -1.98. The summed E-state index contributed by atoms with van der Waals surface area (Å²) in [5.74, 6) is -0.600. The van der Waals surface area contributed by atoms with E-state index in [-0.39, 0.29) is 21.8 Å². The highest BCUT2D eigenvalue weighted by Crippen LogP contribution is 2.29. The monoisotopic (exact) mass is 286 g/mol. The second-order valence-electron chi connectivity index (χ2n) is 3.96. The van der Waals surface area contributed by atoms with E-state index in [1.165, 1.54) is 24.3 Å². The Labute approximate surface area is 119 Å². The topological polar surface area (TPSA) is 85.6 Å². The van der Waals surface area contributed by atoms with Crippen LogP contribution in [-0.2, 0) is 0 Å². The summed E-state index contributed by atoms with van der Waals surface area (Å²) in [7, 11) is 0. The summed E-state index contributed by atoms with van der Waals surface area (Å²) >= 11 is 5.61. The van der Waals surface area contributed by atoms with Crippen molar-refractivity contribution >= 4 is 28.7 Å². The van der Waals surface area contributed by atoms with Crippen molar-refractivity contribution in [2.24, 2.45) is 0 Å². The third-order valence-corrected chi connectivity index (χ3v) is 2.92. The molecule has 3 N–H and O–H groups in total. The molecule has 6 heteroatoms. The van der Waals surface area contributed by atoms with Crippen molar-refractivity contribution in [1.82, 2.24) is 0 Å². The summed E-state index contributed by atoms with van der Waals surface area (Å²) in [4.78, 5) is 0. The smallest absolute Gasteiger partial charge is 0.144 e. The number of nitrogens with zero attached hydrogens (tertiary/aromatic N) is 2. The average Bonchev–Trinajstić information content (AvgIpc) is 2.44. The van der Waals surface area contributed by atoms with Crippen LogP contribution in [0.1, 0.15) is 11.1 Å². The van der Waals surface area contributed by atoms with Gasteiger partial charge in [-0.15, -0.1) is 0 Å². The lowest BCUT2D eigenvalue weighted by molar-refractivity contribution is 0.629. The van der Waals surface area contributed by atoms with E-state index in [4.69, 9.17) is 27.9 Å². The minimum Gasteiger partial charge on any atom is -0.397 e. The maximum atomic E-state index is 13.4. The summed E-state index contributed by atoms with van der Waals surface area (Å²) in [6, 6.07) is 10.9. The molecule has 98 valence electrons. The predicted molar refractivity (Wildman–Crippen MR) is 75.0 cm³/mol. The maximum Gasteiger partial charge on any atom is 0.144 e. The van der Waals surface area contributed by atoms with Crippen LogP contribution in [0.3, 0.4) is 0 Å². The third-order valence-electron chi connectivity index (χ3n) is 2.63. The van der Waals surface area contributed by atoms with E-state index in [0.29, 0.717) is 11.4 Å². The number of rotatable bonds is 2. The Morgan fingerprint density at radius 3 is 2.45 bits per heavy atom. The number of halogens is 2. The van der Waals surface area contributed by atoms with Crippen LogP contribution < -0.4 is 11.1 Å². The van der Waals surface area contributed by atoms with Crippen LogP contribution in [0.2, 0.25) is 5.02 Å². The highest BCUT2D eigenvalue weighted by Gasteiger charge is 2.08. The highest BCUT2D eigenvalue weighted by atomic mass is 35.5. The molecule has 0 saturated carbocycles. The number of nitriles is 2. The van der Waals surface area contributed by atoms with Gasteiger partial charge in [0.25, 0.3) is 0 Å². The van der Waals surface area contributed by atoms with Gasteiger partial charge < -0.3 is 11.1 Å². The second-order valence-corrected chi connectivity index (χ2v) is 4.37. The molecule has 0 amide bonds. The molecule has 0 aliphatic rings. The van der Waals surface area contributed by atoms with Crippen molar-refractivity contribution in [3.8, 4) is 12.1 Å². The summed E-state index contributed by atoms with van der Waals surface area (Å²) in [6.07, 6.45) is 0. The highest BCUT2D eigenvalue weighted by molar-refractivity contribution is 6.31. The molecular formula is C14H8ClFN4. The first-order valence-electron chi connectivity index (χ1n) is 5.51. The Hall–Kier alpha value is -2.76. The first-order valence-corrected chi connectivity index (χ1v) is 5.88. The van der Waals surface area contributed by atoms with E-state index in [2.05, 4.69) is 5.32 Å². The molecule has 2 aromatic carbocycles. The number of nitrogens with one attached hydrogen (secondary N) is 1. The van der Waals surface area contributed by atoms with Gasteiger partial charge in [-0.3, -0.25) is 0 Å². The molecule has 0 aromatic heterocycles. The predicted octanol–water partition coefficient (Wildman–Crippen LogP) is 3.55. The standard InChI is InChI=1S/C14H8ClFN4/c15-11-4-13(19)14(5-12(11)16)20-10-2-1-8(6-17)9(3-10)7-18/h1-5,20H,19H2. The quantitative estimate of drug-likeness (QED) is 0.827. The fraction of sp³-hybridized carbons (Fsp3) is 0. The van der Waals surface area contributed by atoms with Crippen molar-refractivity contribution < 1.29 is 4.39 Å². The number of nitrogens with two attached hydrogens (primary N) is 1. The molecule has 0 atom stereocenters. The van der Waals surface area contributed by atoms with Crippen molar-refractivity contribution in [1.29, 1.82) is 10.5 Å². The van der Waals surface area contributed by atoms with Crippen LogP contribution in [0.4, 0.5) is 21.5 Å². The van der Waals surface area contributed by atoms with Gasteiger partial charge in [0.05, 0.1) is 27.5 Å². The first kappa shape index (κ1) is 13.7. The lowest BCUT2D eigenvalue weighted by Gasteiger charge is -2.10. The molecule has 0 unspecified atom stereocenters. The van der Waals surface area contributed by atoms with Crippen LogP contribution in [0.15, 0.2) is 30.3 Å². The molecule has 4 nitrogen and oxygen atoms in total. The molecule has 0 bridgehead atoms. The van der Waals surface area contributed by atoms with Gasteiger partial charge in [-0.1, -0.05) is 11.6 Å². The van der Waals surface area contributed by atoms with E-state index in [1.54, 1.807) is 6.07 Å². The van der Waals surface area contributed by atoms with Gasteiger partial charge >= 0.3 is 0 Å². The number of benzene rings is 2. The minimum atomic E-state index is -0.600. The molecule has 0 aliphatic carbocycles. The van der Waals surface area contributed by atoms with Crippen molar-refractivity contribution in [2.75, 3.05) is 11.1 Å². The molecule has 0 aliphatic heterocycles. The molecule has 0 saturated heterocycles. The fourth-order valence-corrected chi connectivity index (χ4v) is 1.81. The molecule has 0 radical (unpaired) electrons. The van der Waals surface area contributed by atoms with Crippen LogP contribution in [-0.4, -0.2) is 0 Å². The Balaban J connectivity index is 2.39. The zero-order valence-corrected chi connectivity index (χ0v) is 10.9. The minimum absolute atomic E-state index is 0.0643. The Morgan fingerprint density at radius 1 is 1.10 bits per heavy atom. The number of hydrogen-bond acceptors (Lipinski definition) is 4. The first-order chi connectivity index (χ1) is 9.55. The van der Waals surface area contributed by atoms with Crippen molar-refractivity contribution in [3.05, 3.63) is 52.3 Å². The van der Waals surface area contributed by atoms with E-state index in [1.807, 2.05) is 12.1 Å². The molecular weight excluding hydrogens is 279 g/mol. The second kappa shape index (κ2) is 5.48. The van der Waals surface area contributed by atoms with Crippen molar-refractivity contribution in [3.63, 3.8) is 0 Å². The maximum absolute atomic E-state index is 13.4. The SMILES string of the molecule is N#Cc1ccc(Nc2cc(F)c(Cl)cc2N)cc1C#N. The van der Waals surface area contributed by atoms with Gasteiger partial charge in [0, 0.05) is 11.8 Å². The average molecular weight is 287 g/mol. The molecule has 0 heterocycles. The van der Waals surface area contributed by atoms with Crippen LogP contribution >= 0.6 is 11.6 Å². The van der Waals surface area contributed by atoms with Gasteiger partial charge in [0.15, 0.2) is 0 Å². The fourth-order valence-electron chi connectivity index (χ4n) is 1.64. The normalized spacial score (nSPS) is 9.60. The zero-order chi connectivity index (χ0) is 14.7. The number of anilines is 3. The Morgan fingerprint density at radius 2 is 1.80 bits per heavy atom. The molecule has 2 rings (SSSR count).